The largest absolute Gasteiger partial charge is 0.373 e. The van der Waals surface area contributed by atoms with Gasteiger partial charge < -0.3 is 4.74 Å². The summed E-state index contributed by atoms with van der Waals surface area (Å²) in [6, 6.07) is 12.8. The van der Waals surface area contributed by atoms with Gasteiger partial charge in [0.05, 0.1) is 23.1 Å². The molecular weight excluding hydrogens is 286 g/mol. The van der Waals surface area contributed by atoms with Gasteiger partial charge >= 0.3 is 0 Å². The number of hydrogen-bond acceptors (Lipinski definition) is 3. The van der Waals surface area contributed by atoms with Crippen molar-refractivity contribution in [2.75, 3.05) is 0 Å². The van der Waals surface area contributed by atoms with Gasteiger partial charge in [0, 0.05) is 5.39 Å². The van der Waals surface area contributed by atoms with Crippen LogP contribution >= 0.6 is 0 Å². The molecule has 1 N–H and O–H groups in total. The molecule has 2 aliphatic rings. The first kappa shape index (κ1) is 13.2. The fourth-order valence-corrected chi connectivity index (χ4v) is 4.96. The fourth-order valence-electron chi connectivity index (χ4n) is 3.45. The van der Waals surface area contributed by atoms with E-state index in [9.17, 15) is 8.42 Å². The quantitative estimate of drug-likeness (QED) is 0.947. The Morgan fingerprint density at radius 2 is 1.86 bits per heavy atom. The number of rotatable bonds is 3. The normalized spacial score (nSPS) is 28.3. The minimum atomic E-state index is -3.52. The first-order valence-corrected chi connectivity index (χ1v) is 8.77. The lowest BCUT2D eigenvalue weighted by atomic mass is 9.96. The lowest BCUT2D eigenvalue weighted by Gasteiger charge is -2.20. The van der Waals surface area contributed by atoms with Crippen LogP contribution in [0.15, 0.2) is 47.4 Å². The van der Waals surface area contributed by atoms with E-state index in [0.717, 1.165) is 30.0 Å². The molecule has 0 saturated carbocycles. The molecule has 2 saturated heterocycles. The molecule has 3 atom stereocenters. The van der Waals surface area contributed by atoms with Gasteiger partial charge in [-0.05, 0) is 30.7 Å². The van der Waals surface area contributed by atoms with Crippen molar-refractivity contribution in [1.82, 2.24) is 4.72 Å². The molecule has 2 heterocycles. The average Bonchev–Trinajstić information content (AvgIpc) is 3.08. The van der Waals surface area contributed by atoms with Crippen LogP contribution in [0.25, 0.3) is 10.8 Å². The van der Waals surface area contributed by atoms with E-state index in [0.29, 0.717) is 4.90 Å². The highest BCUT2D eigenvalue weighted by Gasteiger charge is 2.42. The van der Waals surface area contributed by atoms with Gasteiger partial charge in [0.2, 0.25) is 10.0 Å². The van der Waals surface area contributed by atoms with Crippen LogP contribution in [-0.2, 0) is 14.8 Å². The summed E-state index contributed by atoms with van der Waals surface area (Å²) in [6.07, 6.45) is 3.06. The molecule has 0 spiro atoms. The van der Waals surface area contributed by atoms with Crippen molar-refractivity contribution in [2.24, 2.45) is 0 Å². The van der Waals surface area contributed by atoms with Gasteiger partial charge in [-0.25, -0.2) is 13.1 Å². The SMILES string of the molecule is O=S(=O)(NC1CC2CCC1O2)c1cccc2ccccc12. The molecule has 0 amide bonds. The maximum atomic E-state index is 12.7. The number of ether oxygens (including phenoxy) is 1. The Labute approximate surface area is 124 Å². The molecule has 21 heavy (non-hydrogen) atoms. The molecule has 2 aliphatic heterocycles. The highest BCUT2D eigenvalue weighted by atomic mass is 32.2. The Morgan fingerprint density at radius 1 is 1.05 bits per heavy atom. The number of benzene rings is 2. The second-order valence-electron chi connectivity index (χ2n) is 5.81. The third kappa shape index (κ3) is 2.25. The molecule has 0 radical (unpaired) electrons. The summed E-state index contributed by atoms with van der Waals surface area (Å²) in [4.78, 5) is 0.350. The zero-order valence-electron chi connectivity index (χ0n) is 11.5. The molecule has 2 bridgehead atoms. The molecule has 4 rings (SSSR count). The third-order valence-electron chi connectivity index (χ3n) is 4.45. The summed E-state index contributed by atoms with van der Waals surface area (Å²) >= 11 is 0. The Kier molecular flexibility index (Phi) is 3.03. The second-order valence-corrected chi connectivity index (χ2v) is 7.50. The first-order valence-electron chi connectivity index (χ1n) is 7.29. The first-order chi connectivity index (χ1) is 10.1. The summed E-state index contributed by atoms with van der Waals surface area (Å²) in [5.74, 6) is 0. The van der Waals surface area contributed by atoms with Crippen molar-refractivity contribution in [3.05, 3.63) is 42.5 Å². The average molecular weight is 303 g/mol. The van der Waals surface area contributed by atoms with Gasteiger partial charge in [-0.15, -0.1) is 0 Å². The van der Waals surface area contributed by atoms with Crippen LogP contribution in [0.2, 0.25) is 0 Å². The van der Waals surface area contributed by atoms with Crippen molar-refractivity contribution in [2.45, 2.75) is 42.4 Å². The fraction of sp³-hybridized carbons (Fsp3) is 0.375. The zero-order chi connectivity index (χ0) is 14.4. The van der Waals surface area contributed by atoms with Gasteiger partial charge in [0.25, 0.3) is 0 Å². The van der Waals surface area contributed by atoms with Crippen molar-refractivity contribution >= 4 is 20.8 Å². The van der Waals surface area contributed by atoms with Gasteiger partial charge in [0.15, 0.2) is 0 Å². The lowest BCUT2D eigenvalue weighted by molar-refractivity contribution is 0.0996. The third-order valence-corrected chi connectivity index (χ3v) is 6.00. The van der Waals surface area contributed by atoms with E-state index < -0.39 is 10.0 Å². The van der Waals surface area contributed by atoms with E-state index >= 15 is 0 Å². The maximum absolute atomic E-state index is 12.7. The van der Waals surface area contributed by atoms with Gasteiger partial charge in [-0.1, -0.05) is 36.4 Å². The smallest absolute Gasteiger partial charge is 0.241 e. The minimum absolute atomic E-state index is 0.0414. The van der Waals surface area contributed by atoms with Gasteiger partial charge in [-0.3, -0.25) is 0 Å². The van der Waals surface area contributed by atoms with Crippen molar-refractivity contribution in [1.29, 1.82) is 0 Å². The molecule has 0 aliphatic carbocycles. The van der Waals surface area contributed by atoms with E-state index in [-0.39, 0.29) is 18.2 Å². The molecule has 4 nitrogen and oxygen atoms in total. The highest BCUT2D eigenvalue weighted by Crippen LogP contribution is 2.35. The summed E-state index contributed by atoms with van der Waals surface area (Å²) < 4.78 is 34.0. The Bertz CT molecular complexity index is 782. The van der Waals surface area contributed by atoms with E-state index in [4.69, 9.17) is 4.74 Å². The van der Waals surface area contributed by atoms with Crippen LogP contribution in [0, 0.1) is 0 Å². The molecule has 110 valence electrons. The highest BCUT2D eigenvalue weighted by molar-refractivity contribution is 7.89. The monoisotopic (exact) mass is 303 g/mol. The predicted molar refractivity (Wildman–Crippen MR) is 80.6 cm³/mol. The minimum Gasteiger partial charge on any atom is -0.373 e. The number of sulfonamides is 1. The molecule has 5 heteroatoms. The summed E-state index contributed by atoms with van der Waals surface area (Å²) in [5, 5.41) is 1.70. The van der Waals surface area contributed by atoms with Crippen LogP contribution in [0.4, 0.5) is 0 Å². The Hall–Kier alpha value is -1.43. The predicted octanol–water partition coefficient (Wildman–Crippen LogP) is 2.44. The molecule has 3 unspecified atom stereocenters. The Morgan fingerprint density at radius 3 is 2.62 bits per heavy atom. The van der Waals surface area contributed by atoms with Crippen LogP contribution in [-0.4, -0.2) is 26.7 Å². The van der Waals surface area contributed by atoms with Crippen molar-refractivity contribution in [3.8, 4) is 0 Å². The van der Waals surface area contributed by atoms with Crippen LogP contribution in [0.3, 0.4) is 0 Å². The van der Waals surface area contributed by atoms with Crippen LogP contribution < -0.4 is 4.72 Å². The van der Waals surface area contributed by atoms with Crippen LogP contribution in [0.1, 0.15) is 19.3 Å². The van der Waals surface area contributed by atoms with E-state index in [1.54, 1.807) is 12.1 Å². The zero-order valence-corrected chi connectivity index (χ0v) is 12.3. The molecule has 0 aromatic heterocycles. The molecular formula is C16H17NO3S. The second kappa shape index (κ2) is 4.80. The van der Waals surface area contributed by atoms with Crippen molar-refractivity contribution < 1.29 is 13.2 Å². The van der Waals surface area contributed by atoms with E-state index in [1.807, 2.05) is 30.3 Å². The van der Waals surface area contributed by atoms with Gasteiger partial charge in [0.1, 0.15) is 0 Å². The molecule has 2 fully saturated rings. The van der Waals surface area contributed by atoms with Gasteiger partial charge in [-0.2, -0.15) is 0 Å². The summed E-state index contributed by atoms with van der Waals surface area (Å²) in [5.41, 5.74) is 0. The number of hydrogen-bond donors (Lipinski definition) is 1. The van der Waals surface area contributed by atoms with E-state index in [1.165, 1.54) is 0 Å². The summed E-state index contributed by atoms with van der Waals surface area (Å²) in [7, 11) is -3.52. The molecule has 2 aromatic carbocycles. The Balaban J connectivity index is 1.70. The lowest BCUT2D eigenvalue weighted by Crippen LogP contribution is -2.41. The standard InChI is InChI=1S/C16H17NO3S/c18-21(19,17-14-10-12-8-9-15(14)20-12)16-7-3-5-11-4-1-2-6-13(11)16/h1-7,12,14-15,17H,8-10H2. The summed E-state index contributed by atoms with van der Waals surface area (Å²) in [6.45, 7) is 0. The molecule has 2 aromatic rings. The van der Waals surface area contributed by atoms with Crippen molar-refractivity contribution in [3.63, 3.8) is 0 Å². The number of fused-ring (bicyclic) bond motifs is 3. The number of nitrogens with one attached hydrogen (secondary N) is 1. The van der Waals surface area contributed by atoms with Crippen LogP contribution in [0.5, 0.6) is 0 Å². The topological polar surface area (TPSA) is 55.4 Å². The maximum Gasteiger partial charge on any atom is 0.241 e. The van der Waals surface area contributed by atoms with E-state index in [2.05, 4.69) is 4.72 Å².